The maximum Gasteiger partial charge on any atom is 0.234 e. The summed E-state index contributed by atoms with van der Waals surface area (Å²) in [6.45, 7) is 0. The molecule has 0 fully saturated rings. The van der Waals surface area contributed by atoms with Crippen molar-refractivity contribution in [2.75, 3.05) is 25.3 Å². The summed E-state index contributed by atoms with van der Waals surface area (Å²) in [6, 6.07) is 7.21. The predicted molar refractivity (Wildman–Crippen MR) is 96.3 cm³/mol. The number of ether oxygens (including phenoxy) is 2. The van der Waals surface area contributed by atoms with Crippen molar-refractivity contribution in [1.82, 2.24) is 9.97 Å². The number of nitrogens with one attached hydrogen (secondary N) is 1. The van der Waals surface area contributed by atoms with Gasteiger partial charge in [-0.3, -0.25) is 4.79 Å². The van der Waals surface area contributed by atoms with Crippen molar-refractivity contribution in [2.45, 2.75) is 5.03 Å². The fraction of sp³-hybridized carbons (Fsp3) is 0.188. The molecule has 0 saturated carbocycles. The fourth-order valence-electron chi connectivity index (χ4n) is 2.10. The lowest BCUT2D eigenvalue weighted by atomic mass is 10.2. The van der Waals surface area contributed by atoms with E-state index < -0.39 is 0 Å². The van der Waals surface area contributed by atoms with Gasteiger partial charge in [-0.05, 0) is 23.6 Å². The molecule has 0 aliphatic heterocycles. The molecular formula is C16H15N3O3S2. The zero-order valence-electron chi connectivity index (χ0n) is 13.1. The number of rotatable bonds is 6. The van der Waals surface area contributed by atoms with Crippen molar-refractivity contribution in [3.63, 3.8) is 0 Å². The summed E-state index contributed by atoms with van der Waals surface area (Å²) < 4.78 is 10.4. The van der Waals surface area contributed by atoms with E-state index in [1.54, 1.807) is 43.8 Å². The van der Waals surface area contributed by atoms with E-state index in [9.17, 15) is 4.79 Å². The van der Waals surface area contributed by atoms with Crippen LogP contribution in [-0.4, -0.2) is 35.8 Å². The Balaban J connectivity index is 1.67. The van der Waals surface area contributed by atoms with Gasteiger partial charge >= 0.3 is 0 Å². The molecule has 24 heavy (non-hydrogen) atoms. The predicted octanol–water partition coefficient (Wildman–Crippen LogP) is 3.44. The van der Waals surface area contributed by atoms with Crippen LogP contribution in [0.4, 0.5) is 5.69 Å². The number of hydrogen-bond acceptors (Lipinski definition) is 7. The summed E-state index contributed by atoms with van der Waals surface area (Å²) in [5, 5.41) is 6.59. The molecule has 0 atom stereocenters. The minimum Gasteiger partial charge on any atom is -0.497 e. The number of nitrogens with zero attached hydrogens (tertiary/aromatic N) is 2. The second kappa shape index (κ2) is 7.50. The maximum atomic E-state index is 12.2. The van der Waals surface area contributed by atoms with Crippen LogP contribution in [0.3, 0.4) is 0 Å². The number of aromatic nitrogens is 2. The third-order valence-electron chi connectivity index (χ3n) is 3.25. The fourth-order valence-corrected chi connectivity index (χ4v) is 3.68. The molecule has 0 bridgehead atoms. The van der Waals surface area contributed by atoms with Crippen molar-refractivity contribution in [1.29, 1.82) is 0 Å². The van der Waals surface area contributed by atoms with Gasteiger partial charge in [-0.25, -0.2) is 9.97 Å². The van der Waals surface area contributed by atoms with E-state index in [0.717, 1.165) is 15.2 Å². The van der Waals surface area contributed by atoms with Crippen LogP contribution in [-0.2, 0) is 4.79 Å². The first-order valence-electron chi connectivity index (χ1n) is 7.04. The lowest BCUT2D eigenvalue weighted by Crippen LogP contribution is -2.14. The van der Waals surface area contributed by atoms with E-state index >= 15 is 0 Å². The van der Waals surface area contributed by atoms with Crippen LogP contribution >= 0.6 is 23.1 Å². The molecule has 1 N–H and O–H groups in total. The number of methoxy groups -OCH3 is 2. The van der Waals surface area contributed by atoms with E-state index in [0.29, 0.717) is 17.2 Å². The zero-order valence-corrected chi connectivity index (χ0v) is 14.7. The quantitative estimate of drug-likeness (QED) is 0.536. The van der Waals surface area contributed by atoms with Crippen LogP contribution < -0.4 is 14.8 Å². The third kappa shape index (κ3) is 3.60. The third-order valence-corrected chi connectivity index (χ3v) is 5.07. The molecule has 8 heteroatoms. The van der Waals surface area contributed by atoms with Gasteiger partial charge in [0.25, 0.3) is 0 Å². The molecule has 3 aromatic rings. The van der Waals surface area contributed by atoms with Crippen LogP contribution in [0, 0.1) is 0 Å². The van der Waals surface area contributed by atoms with Crippen molar-refractivity contribution < 1.29 is 14.3 Å². The monoisotopic (exact) mass is 361 g/mol. The second-order valence-corrected chi connectivity index (χ2v) is 6.58. The van der Waals surface area contributed by atoms with Gasteiger partial charge in [-0.2, -0.15) is 0 Å². The molecule has 2 heterocycles. The minimum atomic E-state index is -0.134. The molecular weight excluding hydrogens is 346 g/mol. The number of fused-ring (bicyclic) bond motifs is 1. The van der Waals surface area contributed by atoms with Crippen molar-refractivity contribution in [2.24, 2.45) is 0 Å². The summed E-state index contributed by atoms with van der Waals surface area (Å²) in [7, 11) is 3.13. The lowest BCUT2D eigenvalue weighted by molar-refractivity contribution is -0.113. The Labute approximate surface area is 147 Å². The Morgan fingerprint density at radius 2 is 2.12 bits per heavy atom. The normalized spacial score (nSPS) is 10.6. The smallest absolute Gasteiger partial charge is 0.234 e. The van der Waals surface area contributed by atoms with Crippen LogP contribution in [0.15, 0.2) is 41.0 Å². The second-order valence-electron chi connectivity index (χ2n) is 4.72. The van der Waals surface area contributed by atoms with Gasteiger partial charge in [0.1, 0.15) is 27.7 Å². The summed E-state index contributed by atoms with van der Waals surface area (Å²) in [4.78, 5) is 21.6. The van der Waals surface area contributed by atoms with E-state index in [4.69, 9.17) is 9.47 Å². The van der Waals surface area contributed by atoms with Gasteiger partial charge in [0.05, 0.1) is 25.7 Å². The zero-order chi connectivity index (χ0) is 16.9. The number of hydrogen-bond donors (Lipinski definition) is 1. The summed E-state index contributed by atoms with van der Waals surface area (Å²) >= 11 is 2.93. The molecule has 0 unspecified atom stereocenters. The van der Waals surface area contributed by atoms with E-state index in [1.165, 1.54) is 18.1 Å². The van der Waals surface area contributed by atoms with Gasteiger partial charge in [0.2, 0.25) is 5.91 Å². The number of benzene rings is 1. The molecule has 0 spiro atoms. The molecule has 0 radical (unpaired) electrons. The Morgan fingerprint density at radius 1 is 1.25 bits per heavy atom. The SMILES string of the molecule is COc1ccc(NC(=O)CSc2ncnc3sccc23)c(OC)c1. The number of carbonyl (C=O) groups excluding carboxylic acids is 1. The first kappa shape index (κ1) is 16.5. The molecule has 6 nitrogen and oxygen atoms in total. The average Bonchev–Trinajstić information content (AvgIpc) is 3.09. The lowest BCUT2D eigenvalue weighted by Gasteiger charge is -2.11. The summed E-state index contributed by atoms with van der Waals surface area (Å²) in [5.41, 5.74) is 0.604. The Morgan fingerprint density at radius 3 is 2.92 bits per heavy atom. The van der Waals surface area contributed by atoms with Gasteiger partial charge in [-0.1, -0.05) is 11.8 Å². The highest BCUT2D eigenvalue weighted by Crippen LogP contribution is 2.30. The van der Waals surface area contributed by atoms with Crippen LogP contribution in [0.5, 0.6) is 11.5 Å². The highest BCUT2D eigenvalue weighted by molar-refractivity contribution is 8.00. The van der Waals surface area contributed by atoms with Crippen LogP contribution in [0.25, 0.3) is 10.2 Å². The number of thioether (sulfide) groups is 1. The van der Waals surface area contributed by atoms with Gasteiger partial charge < -0.3 is 14.8 Å². The maximum absolute atomic E-state index is 12.2. The molecule has 3 rings (SSSR count). The number of amides is 1. The number of thiophene rings is 1. The Bertz CT molecular complexity index is 867. The standard InChI is InChI=1S/C16H15N3O3S2/c1-21-10-3-4-12(13(7-10)22-2)19-14(20)8-24-16-11-5-6-23-15(11)17-9-18-16/h3-7,9H,8H2,1-2H3,(H,19,20). The Kier molecular flexibility index (Phi) is 5.17. The summed E-state index contributed by atoms with van der Waals surface area (Å²) in [5.74, 6) is 1.33. The molecule has 2 aromatic heterocycles. The topological polar surface area (TPSA) is 73.3 Å². The van der Waals surface area contributed by atoms with Crippen molar-refractivity contribution in [3.05, 3.63) is 36.0 Å². The molecule has 124 valence electrons. The van der Waals surface area contributed by atoms with E-state index in [1.807, 2.05) is 11.4 Å². The van der Waals surface area contributed by atoms with Crippen molar-refractivity contribution >= 4 is 44.9 Å². The van der Waals surface area contributed by atoms with E-state index in [-0.39, 0.29) is 11.7 Å². The highest BCUT2D eigenvalue weighted by atomic mass is 32.2. The molecule has 0 aliphatic rings. The van der Waals surface area contributed by atoms with E-state index in [2.05, 4.69) is 15.3 Å². The highest BCUT2D eigenvalue weighted by Gasteiger charge is 2.11. The van der Waals surface area contributed by atoms with Crippen LogP contribution in [0.2, 0.25) is 0 Å². The molecule has 1 aromatic carbocycles. The Hall–Kier alpha value is -2.32. The first-order valence-corrected chi connectivity index (χ1v) is 8.90. The van der Waals surface area contributed by atoms with Gasteiger partial charge in [0.15, 0.2) is 0 Å². The average molecular weight is 361 g/mol. The summed E-state index contributed by atoms with van der Waals surface area (Å²) in [6.07, 6.45) is 1.52. The molecule has 0 saturated heterocycles. The number of anilines is 1. The van der Waals surface area contributed by atoms with Gasteiger partial charge in [-0.15, -0.1) is 11.3 Å². The van der Waals surface area contributed by atoms with Crippen molar-refractivity contribution in [3.8, 4) is 11.5 Å². The molecule has 0 aliphatic carbocycles. The molecule has 1 amide bonds. The minimum absolute atomic E-state index is 0.134. The van der Waals surface area contributed by atoms with Crippen LogP contribution in [0.1, 0.15) is 0 Å². The first-order chi connectivity index (χ1) is 11.7. The van der Waals surface area contributed by atoms with Gasteiger partial charge in [0, 0.05) is 11.5 Å². The number of carbonyl (C=O) groups is 1. The largest absolute Gasteiger partial charge is 0.497 e.